The van der Waals surface area contributed by atoms with Crippen LogP contribution in [-0.2, 0) is 19.1 Å². The highest BCUT2D eigenvalue weighted by molar-refractivity contribution is 5.81. The van der Waals surface area contributed by atoms with Gasteiger partial charge in [-0.15, -0.1) is 0 Å². The Hall–Kier alpha value is -1.18. The first-order valence-corrected chi connectivity index (χ1v) is 6.84. The third-order valence-electron chi connectivity index (χ3n) is 2.86. The smallest absolute Gasteiger partial charge is 0.270 e. The minimum absolute atomic E-state index is 0.235. The molecule has 0 radical (unpaired) electrons. The lowest BCUT2D eigenvalue weighted by Gasteiger charge is -2.36. The van der Waals surface area contributed by atoms with E-state index in [9.17, 15) is 9.59 Å². The maximum atomic E-state index is 12.6. The van der Waals surface area contributed by atoms with Gasteiger partial charge in [0.2, 0.25) is 6.41 Å². The zero-order valence-corrected chi connectivity index (χ0v) is 12.6. The van der Waals surface area contributed by atoms with Crippen LogP contribution in [0.25, 0.3) is 0 Å². The van der Waals surface area contributed by atoms with Gasteiger partial charge in [0.25, 0.3) is 5.91 Å². The van der Waals surface area contributed by atoms with E-state index in [1.165, 1.54) is 7.11 Å². The van der Waals surface area contributed by atoms with Gasteiger partial charge in [0, 0.05) is 20.2 Å². The first-order chi connectivity index (χ1) is 9.39. The molecule has 7 heteroatoms. The van der Waals surface area contributed by atoms with Crippen LogP contribution >= 0.6 is 0 Å². The molecule has 7 nitrogen and oxygen atoms in total. The van der Waals surface area contributed by atoms with Gasteiger partial charge in [-0.2, -0.15) is 0 Å². The number of hydrogen-bond donors (Lipinski definition) is 2. The van der Waals surface area contributed by atoms with Crippen molar-refractivity contribution in [1.82, 2.24) is 15.8 Å². The third kappa shape index (κ3) is 5.07. The summed E-state index contributed by atoms with van der Waals surface area (Å²) < 4.78 is 10.9. The van der Waals surface area contributed by atoms with E-state index in [-0.39, 0.29) is 5.91 Å². The molecule has 1 aliphatic rings. The van der Waals surface area contributed by atoms with Crippen molar-refractivity contribution < 1.29 is 19.1 Å². The normalized spacial score (nSPS) is 19.3. The van der Waals surface area contributed by atoms with Crippen LogP contribution in [0, 0.1) is 0 Å². The topological polar surface area (TPSA) is 79.9 Å². The number of hydrazine groups is 1. The van der Waals surface area contributed by atoms with E-state index in [1.54, 1.807) is 5.01 Å². The highest BCUT2D eigenvalue weighted by atomic mass is 16.6. The molecule has 1 rings (SSSR count). The predicted octanol–water partition coefficient (Wildman–Crippen LogP) is 0.0156. The van der Waals surface area contributed by atoms with Crippen LogP contribution in [0.4, 0.5) is 0 Å². The van der Waals surface area contributed by atoms with Crippen molar-refractivity contribution in [3.05, 3.63) is 0 Å². The molecule has 20 heavy (non-hydrogen) atoms. The van der Waals surface area contributed by atoms with E-state index in [4.69, 9.17) is 9.47 Å². The molecule has 0 saturated carbocycles. The lowest BCUT2D eigenvalue weighted by atomic mass is 10.1. The zero-order valence-electron chi connectivity index (χ0n) is 12.6. The van der Waals surface area contributed by atoms with Gasteiger partial charge < -0.3 is 14.8 Å². The number of ether oxygens (including phenoxy) is 2. The molecule has 1 heterocycles. The second-order valence-corrected chi connectivity index (χ2v) is 5.70. The van der Waals surface area contributed by atoms with Gasteiger partial charge in [-0.25, -0.2) is 5.43 Å². The van der Waals surface area contributed by atoms with Gasteiger partial charge >= 0.3 is 0 Å². The largest absolute Gasteiger partial charge is 0.358 e. The van der Waals surface area contributed by atoms with Crippen molar-refractivity contribution >= 4 is 12.3 Å². The highest BCUT2D eigenvalue weighted by Crippen LogP contribution is 2.16. The number of hydrogen-bond acceptors (Lipinski definition) is 5. The summed E-state index contributed by atoms with van der Waals surface area (Å²) in [6, 6.07) is 0. The van der Waals surface area contributed by atoms with E-state index in [0.717, 1.165) is 19.4 Å². The standard InChI is InChI=1S/C13H25N3O4/c1-13(2,3)20-10(11(19-4)14-9-17)12(18)16-8-6-5-7-15-16/h9-11,15H,5-8H2,1-4H3,(H,14,17)/t10-,11-/m0/s1. The molecule has 2 N–H and O–H groups in total. The van der Waals surface area contributed by atoms with Gasteiger partial charge in [-0.3, -0.25) is 14.6 Å². The summed E-state index contributed by atoms with van der Waals surface area (Å²) >= 11 is 0. The molecule has 0 aromatic carbocycles. The van der Waals surface area contributed by atoms with Crippen LogP contribution in [0.3, 0.4) is 0 Å². The fourth-order valence-electron chi connectivity index (χ4n) is 2.00. The third-order valence-corrected chi connectivity index (χ3v) is 2.86. The number of nitrogens with one attached hydrogen (secondary N) is 2. The fourth-order valence-corrected chi connectivity index (χ4v) is 2.00. The van der Waals surface area contributed by atoms with E-state index < -0.39 is 17.9 Å². The number of nitrogens with zero attached hydrogens (tertiary/aromatic N) is 1. The average Bonchev–Trinajstić information content (AvgIpc) is 2.41. The molecule has 2 amide bonds. The molecule has 0 aromatic heterocycles. The monoisotopic (exact) mass is 287 g/mol. The Balaban J connectivity index is 2.83. The van der Waals surface area contributed by atoms with Crippen molar-refractivity contribution in [2.75, 3.05) is 20.2 Å². The maximum absolute atomic E-state index is 12.6. The molecule has 1 saturated heterocycles. The quantitative estimate of drug-likeness (QED) is 0.531. The number of methoxy groups -OCH3 is 1. The van der Waals surface area contributed by atoms with E-state index >= 15 is 0 Å². The summed E-state index contributed by atoms with van der Waals surface area (Å²) in [5, 5.41) is 4.01. The van der Waals surface area contributed by atoms with Crippen LogP contribution in [0.2, 0.25) is 0 Å². The van der Waals surface area contributed by atoms with Gasteiger partial charge in [0.15, 0.2) is 12.3 Å². The zero-order chi connectivity index (χ0) is 15.2. The van der Waals surface area contributed by atoms with Crippen LogP contribution in [-0.4, -0.2) is 55.5 Å². The van der Waals surface area contributed by atoms with Gasteiger partial charge in [-0.05, 0) is 33.6 Å². The number of carbonyl (C=O) groups excluding carboxylic acids is 2. The molecule has 0 bridgehead atoms. The Morgan fingerprint density at radius 2 is 2.10 bits per heavy atom. The van der Waals surface area contributed by atoms with E-state index in [1.807, 2.05) is 20.8 Å². The molecule has 0 aliphatic carbocycles. The average molecular weight is 287 g/mol. The van der Waals surface area contributed by atoms with Crippen LogP contribution in [0.15, 0.2) is 0 Å². The minimum atomic E-state index is -0.893. The molecule has 116 valence electrons. The Morgan fingerprint density at radius 3 is 2.55 bits per heavy atom. The van der Waals surface area contributed by atoms with Gasteiger partial charge in [0.1, 0.15) is 0 Å². The molecule has 0 unspecified atom stereocenters. The van der Waals surface area contributed by atoms with Crippen molar-refractivity contribution in [3.63, 3.8) is 0 Å². The molecule has 0 spiro atoms. The summed E-state index contributed by atoms with van der Waals surface area (Å²) in [6.45, 7) is 6.94. The SMILES string of the molecule is CO[C@H](NC=O)[C@H](OC(C)(C)C)C(=O)N1CCCCN1. The van der Waals surface area contributed by atoms with Crippen LogP contribution < -0.4 is 10.7 Å². The van der Waals surface area contributed by atoms with Crippen LogP contribution in [0.5, 0.6) is 0 Å². The van der Waals surface area contributed by atoms with Gasteiger partial charge in [0.05, 0.1) is 5.60 Å². The van der Waals surface area contributed by atoms with Crippen LogP contribution in [0.1, 0.15) is 33.6 Å². The maximum Gasteiger partial charge on any atom is 0.270 e. The molecule has 2 atom stereocenters. The summed E-state index contributed by atoms with van der Waals surface area (Å²) in [4.78, 5) is 23.2. The lowest BCUT2D eigenvalue weighted by molar-refractivity contribution is -0.175. The second-order valence-electron chi connectivity index (χ2n) is 5.70. The number of rotatable bonds is 6. The fraction of sp³-hybridized carbons (Fsp3) is 0.846. The molecular formula is C13H25N3O4. The Bertz CT molecular complexity index is 324. The van der Waals surface area contributed by atoms with Crippen molar-refractivity contribution in [1.29, 1.82) is 0 Å². The first-order valence-electron chi connectivity index (χ1n) is 6.84. The molecule has 1 aliphatic heterocycles. The van der Waals surface area contributed by atoms with Crippen molar-refractivity contribution in [3.8, 4) is 0 Å². The summed E-state index contributed by atoms with van der Waals surface area (Å²) in [5.74, 6) is -0.235. The minimum Gasteiger partial charge on any atom is -0.358 e. The number of carbonyl (C=O) groups is 2. The Morgan fingerprint density at radius 1 is 1.40 bits per heavy atom. The summed E-state index contributed by atoms with van der Waals surface area (Å²) in [7, 11) is 1.43. The van der Waals surface area contributed by atoms with E-state index in [0.29, 0.717) is 13.0 Å². The van der Waals surface area contributed by atoms with E-state index in [2.05, 4.69) is 10.7 Å². The number of amides is 2. The molecule has 0 aromatic rings. The Labute approximate surface area is 119 Å². The predicted molar refractivity (Wildman–Crippen MR) is 73.6 cm³/mol. The molecular weight excluding hydrogens is 262 g/mol. The summed E-state index contributed by atoms with van der Waals surface area (Å²) in [6.07, 6.45) is 0.775. The lowest BCUT2D eigenvalue weighted by Crippen LogP contribution is -2.58. The Kier molecular flexibility index (Phi) is 6.38. The highest BCUT2D eigenvalue weighted by Gasteiger charge is 2.36. The summed E-state index contributed by atoms with van der Waals surface area (Å²) in [5.41, 5.74) is 2.51. The molecule has 1 fully saturated rings. The second kappa shape index (κ2) is 7.56. The first kappa shape index (κ1) is 16.9. The van der Waals surface area contributed by atoms with Gasteiger partial charge in [-0.1, -0.05) is 0 Å². The van der Waals surface area contributed by atoms with Crippen molar-refractivity contribution in [2.24, 2.45) is 0 Å². The van der Waals surface area contributed by atoms with Crippen molar-refractivity contribution in [2.45, 2.75) is 51.5 Å².